The van der Waals surface area contributed by atoms with Crippen molar-refractivity contribution >= 4 is 33.3 Å². The van der Waals surface area contributed by atoms with Crippen molar-refractivity contribution in [3.8, 4) is 0 Å². The molecule has 0 unspecified atom stereocenters. The second-order valence-corrected chi connectivity index (χ2v) is 4.90. The average Bonchev–Trinajstić information content (AvgIpc) is 2.70. The van der Waals surface area contributed by atoms with Gasteiger partial charge in [-0.3, -0.25) is 9.20 Å². The van der Waals surface area contributed by atoms with Gasteiger partial charge in [-0.2, -0.15) is 4.99 Å². The van der Waals surface area contributed by atoms with Gasteiger partial charge < -0.3 is 4.90 Å². The number of pyridine rings is 1. The Bertz CT molecular complexity index is 630. The van der Waals surface area contributed by atoms with Crippen molar-refractivity contribution in [2.75, 3.05) is 14.1 Å². The lowest BCUT2D eigenvalue weighted by Crippen LogP contribution is -2.19. The molecule has 0 aliphatic rings. The van der Waals surface area contributed by atoms with E-state index >= 15 is 0 Å². The van der Waals surface area contributed by atoms with Gasteiger partial charge in [-0.25, -0.2) is 4.98 Å². The summed E-state index contributed by atoms with van der Waals surface area (Å²) in [5, 5.41) is 0. The van der Waals surface area contributed by atoms with Gasteiger partial charge >= 0.3 is 0 Å². The first kappa shape index (κ1) is 12.8. The van der Waals surface area contributed by atoms with Gasteiger partial charge in [0.25, 0.3) is 5.91 Å². The van der Waals surface area contributed by atoms with E-state index in [-0.39, 0.29) is 5.91 Å². The van der Waals surface area contributed by atoms with E-state index in [1.165, 1.54) is 0 Å². The Morgan fingerprint density at radius 1 is 1.44 bits per heavy atom. The number of aliphatic imine (C=N–C) groups is 1. The van der Waals surface area contributed by atoms with Crippen LogP contribution in [0.25, 0.3) is 5.65 Å². The van der Waals surface area contributed by atoms with Crippen molar-refractivity contribution in [1.82, 2.24) is 14.3 Å². The summed E-state index contributed by atoms with van der Waals surface area (Å²) in [5.74, 6) is 0.411. The number of carbonyl (C=O) groups is 1. The fourth-order valence-corrected chi connectivity index (χ4v) is 1.78. The van der Waals surface area contributed by atoms with E-state index in [4.69, 9.17) is 0 Å². The molecule has 0 spiro atoms. The highest BCUT2D eigenvalue weighted by Gasteiger charge is 2.08. The second kappa shape index (κ2) is 4.89. The molecule has 0 aliphatic carbocycles. The molecular weight excluding hydrogens is 296 g/mol. The molecule has 0 N–H and O–H groups in total. The summed E-state index contributed by atoms with van der Waals surface area (Å²) < 4.78 is 2.61. The smallest absolute Gasteiger partial charge is 0.280 e. The van der Waals surface area contributed by atoms with Gasteiger partial charge in [0.2, 0.25) is 0 Å². The maximum atomic E-state index is 12.0. The Morgan fingerprint density at radius 3 is 2.83 bits per heavy atom. The molecular formula is C12H13BrN4O. The van der Waals surface area contributed by atoms with Gasteiger partial charge in [0.05, 0.1) is 11.8 Å². The zero-order valence-corrected chi connectivity index (χ0v) is 12.0. The van der Waals surface area contributed by atoms with Crippen LogP contribution in [-0.4, -0.2) is 40.1 Å². The van der Waals surface area contributed by atoms with Crippen LogP contribution in [0.4, 0.5) is 0 Å². The molecule has 0 aromatic carbocycles. The predicted octanol–water partition coefficient (Wildman–Crippen LogP) is 2.22. The third-order valence-corrected chi connectivity index (χ3v) is 3.20. The van der Waals surface area contributed by atoms with Crippen molar-refractivity contribution in [2.24, 2.45) is 4.99 Å². The van der Waals surface area contributed by atoms with Crippen LogP contribution in [0.2, 0.25) is 0 Å². The Labute approximate surface area is 113 Å². The normalized spacial score (nSPS) is 11.9. The Balaban J connectivity index is 2.39. The highest BCUT2D eigenvalue weighted by atomic mass is 79.9. The Hall–Kier alpha value is -1.69. The molecule has 2 rings (SSSR count). The number of rotatable bonds is 1. The highest BCUT2D eigenvalue weighted by molar-refractivity contribution is 9.10. The number of amides is 1. The van der Waals surface area contributed by atoms with E-state index < -0.39 is 0 Å². The van der Waals surface area contributed by atoms with Crippen LogP contribution in [0.3, 0.4) is 0 Å². The van der Waals surface area contributed by atoms with Crippen LogP contribution < -0.4 is 0 Å². The molecule has 0 saturated heterocycles. The lowest BCUT2D eigenvalue weighted by Gasteiger charge is -2.10. The molecule has 0 atom stereocenters. The molecule has 2 aromatic rings. The van der Waals surface area contributed by atoms with E-state index in [9.17, 15) is 4.79 Å². The molecule has 0 aliphatic heterocycles. The van der Waals surface area contributed by atoms with Crippen LogP contribution in [0.1, 0.15) is 17.3 Å². The number of carbonyl (C=O) groups excluding carboxylic acids is 1. The standard InChI is InChI=1S/C12H13BrN4O/c1-8(16(2)3)15-12(18)9-4-5-11-14-6-10(13)17(11)7-9/h4-7H,1-3H3/b15-8+. The highest BCUT2D eigenvalue weighted by Crippen LogP contribution is 2.14. The average molecular weight is 309 g/mol. The van der Waals surface area contributed by atoms with Crippen molar-refractivity contribution in [1.29, 1.82) is 0 Å². The van der Waals surface area contributed by atoms with E-state index in [0.717, 1.165) is 10.3 Å². The maximum absolute atomic E-state index is 12.0. The van der Waals surface area contributed by atoms with E-state index in [2.05, 4.69) is 25.9 Å². The lowest BCUT2D eigenvalue weighted by molar-refractivity contribution is 0.100. The fourth-order valence-electron chi connectivity index (χ4n) is 1.39. The zero-order chi connectivity index (χ0) is 13.3. The van der Waals surface area contributed by atoms with Gasteiger partial charge in [0, 0.05) is 20.3 Å². The molecule has 6 heteroatoms. The molecule has 0 fully saturated rings. The van der Waals surface area contributed by atoms with Gasteiger partial charge in [0.15, 0.2) is 0 Å². The minimum Gasteiger partial charge on any atom is -0.366 e. The molecule has 18 heavy (non-hydrogen) atoms. The molecule has 5 nitrogen and oxygen atoms in total. The predicted molar refractivity (Wildman–Crippen MR) is 74.0 cm³/mol. The number of halogens is 1. The van der Waals surface area contributed by atoms with Crippen molar-refractivity contribution in [3.05, 3.63) is 34.7 Å². The number of hydrogen-bond donors (Lipinski definition) is 0. The SMILES string of the molecule is C/C(=N\C(=O)c1ccc2ncc(Br)n2c1)N(C)C. The number of imidazole rings is 1. The maximum Gasteiger partial charge on any atom is 0.280 e. The summed E-state index contributed by atoms with van der Waals surface area (Å²) >= 11 is 3.37. The Kier molecular flexibility index (Phi) is 3.47. The van der Waals surface area contributed by atoms with Crippen molar-refractivity contribution in [2.45, 2.75) is 6.92 Å². The van der Waals surface area contributed by atoms with Crippen LogP contribution >= 0.6 is 15.9 Å². The first-order valence-corrected chi connectivity index (χ1v) is 6.18. The van der Waals surface area contributed by atoms with E-state index in [1.54, 1.807) is 40.8 Å². The van der Waals surface area contributed by atoms with E-state index in [1.807, 2.05) is 14.1 Å². The van der Waals surface area contributed by atoms with Crippen LogP contribution in [0.15, 0.2) is 34.1 Å². The molecule has 0 radical (unpaired) electrons. The first-order valence-electron chi connectivity index (χ1n) is 5.38. The molecule has 1 amide bonds. The van der Waals surface area contributed by atoms with Crippen molar-refractivity contribution in [3.63, 3.8) is 0 Å². The quantitative estimate of drug-likeness (QED) is 0.599. The van der Waals surface area contributed by atoms with Gasteiger partial charge in [0.1, 0.15) is 16.1 Å². The molecule has 94 valence electrons. The summed E-state index contributed by atoms with van der Waals surface area (Å²) in [7, 11) is 3.70. The monoisotopic (exact) mass is 308 g/mol. The number of amidine groups is 1. The lowest BCUT2D eigenvalue weighted by atomic mass is 10.2. The third-order valence-electron chi connectivity index (χ3n) is 2.62. The first-order chi connectivity index (χ1) is 8.49. The van der Waals surface area contributed by atoms with E-state index in [0.29, 0.717) is 11.4 Å². The summed E-state index contributed by atoms with van der Waals surface area (Å²) in [6, 6.07) is 3.52. The second-order valence-electron chi connectivity index (χ2n) is 4.09. The van der Waals surface area contributed by atoms with Crippen LogP contribution in [-0.2, 0) is 0 Å². The minimum absolute atomic E-state index is 0.260. The summed E-state index contributed by atoms with van der Waals surface area (Å²) in [5.41, 5.74) is 1.31. The number of aromatic nitrogens is 2. The van der Waals surface area contributed by atoms with Gasteiger partial charge in [-0.15, -0.1) is 0 Å². The fraction of sp³-hybridized carbons (Fsp3) is 0.250. The summed E-state index contributed by atoms with van der Waals surface area (Å²) in [6.07, 6.45) is 3.42. The number of hydrogen-bond acceptors (Lipinski definition) is 2. The molecule has 0 saturated carbocycles. The molecule has 2 aromatic heterocycles. The van der Waals surface area contributed by atoms with Gasteiger partial charge in [-0.1, -0.05) is 0 Å². The zero-order valence-electron chi connectivity index (χ0n) is 10.4. The summed E-state index contributed by atoms with van der Waals surface area (Å²) in [4.78, 5) is 22.0. The minimum atomic E-state index is -0.260. The largest absolute Gasteiger partial charge is 0.366 e. The van der Waals surface area contributed by atoms with Crippen molar-refractivity contribution < 1.29 is 4.79 Å². The topological polar surface area (TPSA) is 50.0 Å². The molecule has 2 heterocycles. The summed E-state index contributed by atoms with van der Waals surface area (Å²) in [6.45, 7) is 1.80. The number of fused-ring (bicyclic) bond motifs is 1. The number of nitrogens with zero attached hydrogens (tertiary/aromatic N) is 4. The Morgan fingerprint density at radius 2 is 2.17 bits per heavy atom. The van der Waals surface area contributed by atoms with Crippen LogP contribution in [0, 0.1) is 0 Å². The van der Waals surface area contributed by atoms with Crippen LogP contribution in [0.5, 0.6) is 0 Å². The van der Waals surface area contributed by atoms with Gasteiger partial charge in [-0.05, 0) is 35.0 Å². The third kappa shape index (κ3) is 2.43. The molecule has 0 bridgehead atoms.